The summed E-state index contributed by atoms with van der Waals surface area (Å²) in [4.78, 5) is 6.42. The van der Waals surface area contributed by atoms with Crippen molar-refractivity contribution < 1.29 is 0 Å². The Kier molecular flexibility index (Phi) is 4.02. The summed E-state index contributed by atoms with van der Waals surface area (Å²) in [6.45, 7) is 3.29. The second-order valence-electron chi connectivity index (χ2n) is 3.44. The number of hydrazine groups is 1. The van der Waals surface area contributed by atoms with Crippen LogP contribution in [0.5, 0.6) is 0 Å². The van der Waals surface area contributed by atoms with E-state index in [1.54, 1.807) is 7.05 Å². The van der Waals surface area contributed by atoms with Crippen molar-refractivity contribution in [2.24, 2.45) is 10.8 Å². The van der Waals surface area contributed by atoms with Gasteiger partial charge >= 0.3 is 0 Å². The van der Waals surface area contributed by atoms with Gasteiger partial charge in [-0.1, -0.05) is 6.92 Å². The lowest BCUT2D eigenvalue weighted by Gasteiger charge is -2.36. The molecular formula is C9H20N4. The zero-order valence-corrected chi connectivity index (χ0v) is 8.58. The minimum atomic E-state index is 0.614. The first-order chi connectivity index (χ1) is 6.33. The maximum absolute atomic E-state index is 5.41. The highest BCUT2D eigenvalue weighted by Gasteiger charge is 2.22. The molecule has 1 heterocycles. The lowest BCUT2D eigenvalue weighted by atomic mass is 10.0. The standard InChI is InChI=1S/C9H20N4/c1-3-8-6-4-5-7-13(8)9(11-2)12-10/h8H,3-7,10H2,1-2H3,(H,11,12). The van der Waals surface area contributed by atoms with E-state index in [9.17, 15) is 0 Å². The molecule has 0 aromatic rings. The highest BCUT2D eigenvalue weighted by atomic mass is 15.4. The van der Waals surface area contributed by atoms with Crippen LogP contribution in [0.3, 0.4) is 0 Å². The Balaban J connectivity index is 2.63. The van der Waals surface area contributed by atoms with Crippen LogP contribution in [0.25, 0.3) is 0 Å². The average molecular weight is 184 g/mol. The average Bonchev–Trinajstić information content (AvgIpc) is 2.20. The van der Waals surface area contributed by atoms with E-state index in [-0.39, 0.29) is 0 Å². The van der Waals surface area contributed by atoms with Gasteiger partial charge in [0.05, 0.1) is 0 Å². The fraction of sp³-hybridized carbons (Fsp3) is 0.889. The smallest absolute Gasteiger partial charge is 0.208 e. The molecule has 76 valence electrons. The maximum Gasteiger partial charge on any atom is 0.208 e. The van der Waals surface area contributed by atoms with Crippen molar-refractivity contribution in [3.05, 3.63) is 0 Å². The second kappa shape index (κ2) is 5.07. The molecular weight excluding hydrogens is 164 g/mol. The van der Waals surface area contributed by atoms with Crippen LogP contribution < -0.4 is 11.3 Å². The van der Waals surface area contributed by atoms with Gasteiger partial charge in [0, 0.05) is 19.6 Å². The molecule has 0 bridgehead atoms. The molecule has 13 heavy (non-hydrogen) atoms. The SMILES string of the molecule is CCC1CCCCN1C(=NC)NN. The number of likely N-dealkylation sites (tertiary alicyclic amines) is 1. The summed E-state index contributed by atoms with van der Waals surface area (Å²) >= 11 is 0. The van der Waals surface area contributed by atoms with E-state index in [4.69, 9.17) is 5.84 Å². The van der Waals surface area contributed by atoms with E-state index in [0.29, 0.717) is 6.04 Å². The third-order valence-electron chi connectivity index (χ3n) is 2.71. The van der Waals surface area contributed by atoms with E-state index in [1.807, 2.05) is 0 Å². The van der Waals surface area contributed by atoms with Crippen molar-refractivity contribution in [3.8, 4) is 0 Å². The minimum absolute atomic E-state index is 0.614. The van der Waals surface area contributed by atoms with Crippen molar-refractivity contribution in [1.82, 2.24) is 10.3 Å². The summed E-state index contributed by atoms with van der Waals surface area (Å²) < 4.78 is 0. The highest BCUT2D eigenvalue weighted by molar-refractivity contribution is 5.79. The topological polar surface area (TPSA) is 53.6 Å². The normalized spacial score (nSPS) is 24.7. The molecule has 0 aromatic heterocycles. The Morgan fingerprint density at radius 2 is 2.38 bits per heavy atom. The van der Waals surface area contributed by atoms with Crippen molar-refractivity contribution in [2.45, 2.75) is 38.6 Å². The number of guanidine groups is 1. The molecule has 0 radical (unpaired) electrons. The van der Waals surface area contributed by atoms with Crippen LogP contribution in [0.1, 0.15) is 32.6 Å². The quantitative estimate of drug-likeness (QED) is 0.273. The van der Waals surface area contributed by atoms with Crippen molar-refractivity contribution in [1.29, 1.82) is 0 Å². The van der Waals surface area contributed by atoms with Crippen LogP contribution in [0.4, 0.5) is 0 Å². The lowest BCUT2D eigenvalue weighted by Crippen LogP contribution is -2.51. The molecule has 4 nitrogen and oxygen atoms in total. The van der Waals surface area contributed by atoms with Crippen molar-refractivity contribution >= 4 is 5.96 Å². The van der Waals surface area contributed by atoms with E-state index in [0.717, 1.165) is 12.5 Å². The molecule has 0 spiro atoms. The Morgan fingerprint density at radius 1 is 1.62 bits per heavy atom. The van der Waals surface area contributed by atoms with Crippen LogP contribution in [0.2, 0.25) is 0 Å². The molecule has 1 unspecified atom stereocenters. The number of nitrogens with two attached hydrogens (primary N) is 1. The molecule has 1 atom stereocenters. The molecule has 1 aliphatic rings. The first-order valence-electron chi connectivity index (χ1n) is 5.03. The molecule has 0 aromatic carbocycles. The van der Waals surface area contributed by atoms with Crippen molar-refractivity contribution in [2.75, 3.05) is 13.6 Å². The summed E-state index contributed by atoms with van der Waals surface area (Å²) in [7, 11) is 1.77. The Bertz CT molecular complexity index is 178. The van der Waals surface area contributed by atoms with Gasteiger partial charge < -0.3 is 4.90 Å². The zero-order chi connectivity index (χ0) is 9.68. The van der Waals surface area contributed by atoms with Gasteiger partial charge in [-0.25, -0.2) is 5.84 Å². The third kappa shape index (κ3) is 2.34. The first-order valence-corrected chi connectivity index (χ1v) is 5.03. The van der Waals surface area contributed by atoms with Gasteiger partial charge in [0.2, 0.25) is 5.96 Å². The molecule has 4 heteroatoms. The number of nitrogens with one attached hydrogen (secondary N) is 1. The zero-order valence-electron chi connectivity index (χ0n) is 8.58. The first kappa shape index (κ1) is 10.3. The molecule has 0 aliphatic carbocycles. The highest BCUT2D eigenvalue weighted by Crippen LogP contribution is 2.18. The Hall–Kier alpha value is -0.770. The second-order valence-corrected chi connectivity index (χ2v) is 3.44. The van der Waals surface area contributed by atoms with Crippen LogP contribution in [0, 0.1) is 0 Å². The van der Waals surface area contributed by atoms with Crippen molar-refractivity contribution in [3.63, 3.8) is 0 Å². The summed E-state index contributed by atoms with van der Waals surface area (Å²) in [6.07, 6.45) is 5.01. The van der Waals surface area contributed by atoms with Gasteiger partial charge in [-0.05, 0) is 25.7 Å². The number of rotatable bonds is 1. The van der Waals surface area contributed by atoms with Gasteiger partial charge in [0.25, 0.3) is 0 Å². The van der Waals surface area contributed by atoms with Crippen LogP contribution >= 0.6 is 0 Å². The fourth-order valence-electron chi connectivity index (χ4n) is 1.98. The van der Waals surface area contributed by atoms with Gasteiger partial charge in [0.15, 0.2) is 0 Å². The lowest BCUT2D eigenvalue weighted by molar-refractivity contribution is 0.229. The molecule has 1 fully saturated rings. The summed E-state index contributed by atoms with van der Waals surface area (Å²) in [5, 5.41) is 0. The molecule has 1 saturated heterocycles. The minimum Gasteiger partial charge on any atom is -0.339 e. The predicted octanol–water partition coefficient (Wildman–Crippen LogP) is 0.700. The third-order valence-corrected chi connectivity index (χ3v) is 2.71. The van der Waals surface area contributed by atoms with Crippen LogP contribution in [0.15, 0.2) is 4.99 Å². The van der Waals surface area contributed by atoms with E-state index >= 15 is 0 Å². The van der Waals surface area contributed by atoms with Gasteiger partial charge in [-0.2, -0.15) is 0 Å². The number of aliphatic imine (C=N–C) groups is 1. The Labute approximate surface area is 80.2 Å². The van der Waals surface area contributed by atoms with Crippen LogP contribution in [-0.4, -0.2) is 30.5 Å². The number of nitrogens with zero attached hydrogens (tertiary/aromatic N) is 2. The molecule has 1 rings (SSSR count). The number of piperidine rings is 1. The van der Waals surface area contributed by atoms with E-state index in [1.165, 1.54) is 25.7 Å². The fourth-order valence-corrected chi connectivity index (χ4v) is 1.98. The summed E-state index contributed by atoms with van der Waals surface area (Å²) in [5.74, 6) is 6.23. The summed E-state index contributed by atoms with van der Waals surface area (Å²) in [6, 6.07) is 0.614. The van der Waals surface area contributed by atoms with E-state index in [2.05, 4.69) is 22.2 Å². The van der Waals surface area contributed by atoms with Gasteiger partial charge in [0.1, 0.15) is 0 Å². The predicted molar refractivity (Wildman–Crippen MR) is 55.3 cm³/mol. The Morgan fingerprint density at radius 3 is 2.92 bits per heavy atom. The molecule has 3 N–H and O–H groups in total. The monoisotopic (exact) mass is 184 g/mol. The summed E-state index contributed by atoms with van der Waals surface area (Å²) in [5.41, 5.74) is 2.66. The number of hydrogen-bond donors (Lipinski definition) is 2. The largest absolute Gasteiger partial charge is 0.339 e. The van der Waals surface area contributed by atoms with Gasteiger partial charge in [-0.3, -0.25) is 10.4 Å². The van der Waals surface area contributed by atoms with Gasteiger partial charge in [-0.15, -0.1) is 0 Å². The molecule has 1 aliphatic heterocycles. The number of hydrogen-bond acceptors (Lipinski definition) is 2. The van der Waals surface area contributed by atoms with E-state index < -0.39 is 0 Å². The van der Waals surface area contributed by atoms with Crippen LogP contribution in [-0.2, 0) is 0 Å². The molecule has 0 saturated carbocycles. The maximum atomic E-state index is 5.41. The molecule has 0 amide bonds.